The van der Waals surface area contributed by atoms with Gasteiger partial charge in [0.1, 0.15) is 4.21 Å². The highest BCUT2D eigenvalue weighted by atomic mass is 79.9. The molecule has 0 saturated carbocycles. The summed E-state index contributed by atoms with van der Waals surface area (Å²) in [5, 5.41) is 3.15. The average molecular weight is 367 g/mol. The smallest absolute Gasteiger partial charge is 0.252 e. The van der Waals surface area contributed by atoms with Gasteiger partial charge in [-0.2, -0.15) is 4.31 Å². The number of nitrogens with zero attached hydrogens (tertiary/aromatic N) is 1. The molecule has 1 fully saturated rings. The van der Waals surface area contributed by atoms with E-state index in [2.05, 4.69) is 21.2 Å². The molecule has 0 bridgehead atoms. The first-order chi connectivity index (χ1) is 9.04. The molecule has 2 rings (SSSR count). The standard InChI is InChI=1S/C12H19BrN2O2S2/c1-14-7-4-10-5-8-15(9-6-10)19(16,17)12-3-2-11(13)18-12/h2-3,10,14H,4-9H2,1H3. The molecule has 4 nitrogen and oxygen atoms in total. The Bertz CT molecular complexity index is 508. The van der Waals surface area contributed by atoms with E-state index in [1.165, 1.54) is 11.3 Å². The zero-order valence-corrected chi connectivity index (χ0v) is 14.2. The molecule has 1 aliphatic heterocycles. The first-order valence-corrected chi connectivity index (χ1v) is 9.49. The second kappa shape index (κ2) is 6.67. The Labute approximate surface area is 127 Å². The molecular formula is C12H19BrN2O2S2. The highest BCUT2D eigenvalue weighted by molar-refractivity contribution is 9.11. The quantitative estimate of drug-likeness (QED) is 0.870. The van der Waals surface area contributed by atoms with Gasteiger partial charge in [0.15, 0.2) is 0 Å². The molecule has 0 atom stereocenters. The molecule has 1 aromatic rings. The molecule has 0 unspecified atom stereocenters. The zero-order chi connectivity index (χ0) is 13.9. The van der Waals surface area contributed by atoms with Crippen LogP contribution < -0.4 is 5.32 Å². The monoisotopic (exact) mass is 366 g/mol. The summed E-state index contributed by atoms with van der Waals surface area (Å²) in [7, 11) is -1.33. The lowest BCUT2D eigenvalue weighted by atomic mass is 9.95. The second-order valence-corrected chi connectivity index (χ2v) is 9.43. The van der Waals surface area contributed by atoms with Gasteiger partial charge < -0.3 is 5.32 Å². The van der Waals surface area contributed by atoms with Gasteiger partial charge in [-0.3, -0.25) is 0 Å². The lowest BCUT2D eigenvalue weighted by Gasteiger charge is -2.30. The van der Waals surface area contributed by atoms with Gasteiger partial charge in [-0.25, -0.2) is 8.42 Å². The van der Waals surface area contributed by atoms with Crippen LogP contribution in [0, 0.1) is 5.92 Å². The maximum absolute atomic E-state index is 12.4. The van der Waals surface area contributed by atoms with Crippen LogP contribution in [0.5, 0.6) is 0 Å². The number of hydrogen-bond acceptors (Lipinski definition) is 4. The minimum Gasteiger partial charge on any atom is -0.320 e. The number of piperidine rings is 1. The van der Waals surface area contributed by atoms with Gasteiger partial charge in [0.05, 0.1) is 3.79 Å². The first-order valence-electron chi connectivity index (χ1n) is 6.44. The predicted octanol–water partition coefficient (Wildman–Crippen LogP) is 2.52. The van der Waals surface area contributed by atoms with Crippen LogP contribution in [0.1, 0.15) is 19.3 Å². The van der Waals surface area contributed by atoms with E-state index in [0.29, 0.717) is 23.2 Å². The topological polar surface area (TPSA) is 49.4 Å². The lowest BCUT2D eigenvalue weighted by Crippen LogP contribution is -2.38. The highest BCUT2D eigenvalue weighted by Gasteiger charge is 2.30. The molecule has 1 aliphatic rings. The molecule has 0 radical (unpaired) electrons. The Balaban J connectivity index is 1.97. The number of thiophene rings is 1. The van der Waals surface area contributed by atoms with Crippen molar-refractivity contribution >= 4 is 37.3 Å². The van der Waals surface area contributed by atoms with E-state index in [1.807, 2.05) is 7.05 Å². The maximum atomic E-state index is 12.4. The predicted molar refractivity (Wildman–Crippen MR) is 82.0 cm³/mol. The third-order valence-corrected chi connectivity index (χ3v) is 7.51. The van der Waals surface area contributed by atoms with E-state index in [1.54, 1.807) is 16.4 Å². The van der Waals surface area contributed by atoms with Crippen molar-refractivity contribution in [3.05, 3.63) is 15.9 Å². The molecule has 108 valence electrons. The maximum Gasteiger partial charge on any atom is 0.252 e. The highest BCUT2D eigenvalue weighted by Crippen LogP contribution is 2.31. The summed E-state index contributed by atoms with van der Waals surface area (Å²) in [6, 6.07) is 3.47. The zero-order valence-electron chi connectivity index (χ0n) is 10.9. The minimum absolute atomic E-state index is 0.438. The van der Waals surface area contributed by atoms with Crippen LogP contribution in [-0.2, 0) is 10.0 Å². The Kier molecular flexibility index (Phi) is 5.42. The molecule has 1 aromatic heterocycles. The average Bonchev–Trinajstić information content (AvgIpc) is 2.84. The number of hydrogen-bond donors (Lipinski definition) is 1. The fourth-order valence-corrected chi connectivity index (χ4v) is 5.98. The van der Waals surface area contributed by atoms with Crippen LogP contribution in [0.15, 0.2) is 20.1 Å². The van der Waals surface area contributed by atoms with Crippen LogP contribution >= 0.6 is 27.3 Å². The lowest BCUT2D eigenvalue weighted by molar-refractivity contribution is 0.263. The summed E-state index contributed by atoms with van der Waals surface area (Å²) in [6.07, 6.45) is 3.07. The Morgan fingerprint density at radius 3 is 2.63 bits per heavy atom. The summed E-state index contributed by atoms with van der Waals surface area (Å²) in [5.41, 5.74) is 0. The Morgan fingerprint density at radius 1 is 1.42 bits per heavy atom. The molecule has 19 heavy (non-hydrogen) atoms. The van der Waals surface area contributed by atoms with Gasteiger partial charge in [0, 0.05) is 13.1 Å². The third kappa shape index (κ3) is 3.78. The number of sulfonamides is 1. The van der Waals surface area contributed by atoms with Gasteiger partial charge in [-0.15, -0.1) is 11.3 Å². The second-order valence-electron chi connectivity index (χ2n) is 4.80. The van der Waals surface area contributed by atoms with Gasteiger partial charge in [-0.05, 0) is 66.8 Å². The molecular weight excluding hydrogens is 348 g/mol. The SMILES string of the molecule is CNCCC1CCN(S(=O)(=O)c2ccc(Br)s2)CC1. The van der Waals surface area contributed by atoms with Crippen molar-refractivity contribution in [1.29, 1.82) is 0 Å². The molecule has 2 heterocycles. The number of rotatable bonds is 5. The fraction of sp³-hybridized carbons (Fsp3) is 0.667. The van der Waals surface area contributed by atoms with Gasteiger partial charge in [-0.1, -0.05) is 0 Å². The van der Waals surface area contributed by atoms with Gasteiger partial charge >= 0.3 is 0 Å². The normalized spacial score (nSPS) is 18.8. The molecule has 0 aliphatic carbocycles. The van der Waals surface area contributed by atoms with E-state index in [0.717, 1.165) is 29.6 Å². The van der Waals surface area contributed by atoms with Gasteiger partial charge in [0.2, 0.25) is 0 Å². The molecule has 0 aromatic carbocycles. The van der Waals surface area contributed by atoms with E-state index in [9.17, 15) is 8.42 Å². The van der Waals surface area contributed by atoms with Crippen LogP contribution in [0.25, 0.3) is 0 Å². The first kappa shape index (κ1) is 15.4. The Hall–Kier alpha value is 0.0500. The van der Waals surface area contributed by atoms with E-state index in [4.69, 9.17) is 0 Å². The molecule has 1 saturated heterocycles. The van der Waals surface area contributed by atoms with Crippen LogP contribution in [0.4, 0.5) is 0 Å². The van der Waals surface area contributed by atoms with Crippen LogP contribution in [0.2, 0.25) is 0 Å². The summed E-state index contributed by atoms with van der Waals surface area (Å²) in [5.74, 6) is 0.647. The van der Waals surface area contributed by atoms with Crippen LogP contribution in [-0.4, -0.2) is 39.4 Å². The largest absolute Gasteiger partial charge is 0.320 e. The molecule has 1 N–H and O–H groups in total. The number of halogens is 1. The van der Waals surface area contributed by atoms with Crippen molar-refractivity contribution in [2.45, 2.75) is 23.5 Å². The molecule has 0 amide bonds. The van der Waals surface area contributed by atoms with Crippen molar-refractivity contribution in [2.75, 3.05) is 26.7 Å². The third-order valence-electron chi connectivity index (χ3n) is 3.52. The van der Waals surface area contributed by atoms with Crippen molar-refractivity contribution in [3.63, 3.8) is 0 Å². The minimum atomic E-state index is -3.28. The van der Waals surface area contributed by atoms with Crippen molar-refractivity contribution in [1.82, 2.24) is 9.62 Å². The summed E-state index contributed by atoms with van der Waals surface area (Å²) < 4.78 is 27.8. The summed E-state index contributed by atoms with van der Waals surface area (Å²) >= 11 is 4.60. The molecule has 0 spiro atoms. The summed E-state index contributed by atoms with van der Waals surface area (Å²) in [6.45, 7) is 2.30. The molecule has 7 heteroatoms. The van der Waals surface area contributed by atoms with Gasteiger partial charge in [0.25, 0.3) is 10.0 Å². The van der Waals surface area contributed by atoms with E-state index >= 15 is 0 Å². The summed E-state index contributed by atoms with van der Waals surface area (Å²) in [4.78, 5) is 0. The van der Waals surface area contributed by atoms with E-state index < -0.39 is 10.0 Å². The van der Waals surface area contributed by atoms with Crippen molar-refractivity contribution in [2.24, 2.45) is 5.92 Å². The van der Waals surface area contributed by atoms with Crippen molar-refractivity contribution in [3.8, 4) is 0 Å². The van der Waals surface area contributed by atoms with E-state index in [-0.39, 0.29) is 0 Å². The number of nitrogens with one attached hydrogen (secondary N) is 1. The fourth-order valence-electron chi connectivity index (χ4n) is 2.35. The van der Waals surface area contributed by atoms with Crippen molar-refractivity contribution < 1.29 is 8.42 Å². The van der Waals surface area contributed by atoms with Crippen LogP contribution in [0.3, 0.4) is 0 Å². The Morgan fingerprint density at radius 2 is 2.11 bits per heavy atom.